The molecule has 0 fully saturated rings. The third kappa shape index (κ3) is 2.88. The molecule has 0 amide bonds. The summed E-state index contributed by atoms with van der Waals surface area (Å²) in [5.74, 6) is -9.53. The Kier molecular flexibility index (Phi) is 4.55. The topological polar surface area (TPSA) is 12.0 Å². The Morgan fingerprint density at radius 3 is 1.53 bits per heavy atom. The zero-order chi connectivity index (χ0) is 15.0. The monoisotopic (exact) mass is 281 g/mol. The van der Waals surface area contributed by atoms with Crippen LogP contribution in [0.1, 0.15) is 39.3 Å². The molecule has 1 atom stereocenters. The van der Waals surface area contributed by atoms with E-state index in [0.29, 0.717) is 6.54 Å². The van der Waals surface area contributed by atoms with Gasteiger partial charge < -0.3 is 5.32 Å². The molecule has 1 aromatic carbocycles. The molecule has 6 heteroatoms. The van der Waals surface area contributed by atoms with Crippen LogP contribution < -0.4 is 5.32 Å². The van der Waals surface area contributed by atoms with Crippen molar-refractivity contribution >= 4 is 0 Å². The largest absolute Gasteiger partial charge is 0.310 e. The average Bonchev–Trinajstić information content (AvgIpc) is 2.32. The van der Waals surface area contributed by atoms with E-state index in [1.165, 1.54) is 0 Å². The lowest BCUT2D eigenvalue weighted by molar-refractivity contribution is 0.252. The molecule has 1 aromatic rings. The number of hydrogen-bond donors (Lipinski definition) is 1. The van der Waals surface area contributed by atoms with Gasteiger partial charge in [0.1, 0.15) is 0 Å². The highest BCUT2D eigenvalue weighted by Crippen LogP contribution is 2.37. The summed E-state index contributed by atoms with van der Waals surface area (Å²) in [5, 5.41) is 2.76. The molecule has 0 aliphatic heterocycles. The van der Waals surface area contributed by atoms with Crippen molar-refractivity contribution in [3.63, 3.8) is 0 Å². The number of halogens is 5. The van der Waals surface area contributed by atoms with E-state index in [1.54, 1.807) is 27.7 Å². The van der Waals surface area contributed by atoms with Crippen LogP contribution in [0.25, 0.3) is 0 Å². The van der Waals surface area contributed by atoms with Crippen LogP contribution in [0.4, 0.5) is 22.0 Å². The molecular formula is C13H16F5N. The maximum atomic E-state index is 13.7. The number of rotatable bonds is 3. The van der Waals surface area contributed by atoms with Gasteiger partial charge in [-0.3, -0.25) is 0 Å². The van der Waals surface area contributed by atoms with E-state index < -0.39 is 46.1 Å². The fourth-order valence-electron chi connectivity index (χ4n) is 1.92. The summed E-state index contributed by atoms with van der Waals surface area (Å²) in [6.45, 7) is 6.97. The summed E-state index contributed by atoms with van der Waals surface area (Å²) in [6.07, 6.45) is 0. The maximum Gasteiger partial charge on any atom is 0.200 e. The summed E-state index contributed by atoms with van der Waals surface area (Å²) in [7, 11) is 0. The van der Waals surface area contributed by atoms with E-state index in [4.69, 9.17) is 0 Å². The van der Waals surface area contributed by atoms with Crippen molar-refractivity contribution in [2.75, 3.05) is 6.54 Å². The van der Waals surface area contributed by atoms with E-state index in [0.717, 1.165) is 0 Å². The molecule has 0 radical (unpaired) electrons. The van der Waals surface area contributed by atoms with Crippen molar-refractivity contribution in [2.45, 2.75) is 33.7 Å². The standard InChI is InChI=1S/C13H16F5N/c1-5-19-12(13(2,3)4)6-7(14)9(16)11(18)10(17)8(6)15/h12,19H,5H2,1-4H3. The van der Waals surface area contributed by atoms with Crippen molar-refractivity contribution in [3.05, 3.63) is 34.6 Å². The summed E-state index contributed by atoms with van der Waals surface area (Å²) in [6, 6.07) is -0.984. The molecular weight excluding hydrogens is 265 g/mol. The first-order chi connectivity index (χ1) is 8.62. The van der Waals surface area contributed by atoms with Crippen molar-refractivity contribution in [1.82, 2.24) is 5.32 Å². The van der Waals surface area contributed by atoms with Gasteiger partial charge in [-0.15, -0.1) is 0 Å². The minimum absolute atomic E-state index is 0.335. The van der Waals surface area contributed by atoms with Gasteiger partial charge >= 0.3 is 0 Å². The third-order valence-corrected chi connectivity index (χ3v) is 2.81. The Morgan fingerprint density at radius 1 is 0.842 bits per heavy atom. The second kappa shape index (κ2) is 5.45. The summed E-state index contributed by atoms with van der Waals surface area (Å²) >= 11 is 0. The average molecular weight is 281 g/mol. The minimum atomic E-state index is -2.14. The van der Waals surface area contributed by atoms with Gasteiger partial charge in [0.25, 0.3) is 0 Å². The van der Waals surface area contributed by atoms with Crippen molar-refractivity contribution in [3.8, 4) is 0 Å². The molecule has 0 spiro atoms. The van der Waals surface area contributed by atoms with E-state index in [9.17, 15) is 22.0 Å². The normalized spacial score (nSPS) is 13.7. The first kappa shape index (κ1) is 15.9. The van der Waals surface area contributed by atoms with Gasteiger partial charge in [-0.25, -0.2) is 22.0 Å². The Labute approximate surface area is 108 Å². The van der Waals surface area contributed by atoms with Crippen molar-refractivity contribution in [1.29, 1.82) is 0 Å². The van der Waals surface area contributed by atoms with Gasteiger partial charge in [0, 0.05) is 11.6 Å². The number of benzene rings is 1. The molecule has 1 rings (SSSR count). The van der Waals surface area contributed by atoms with Crippen LogP contribution in [0.15, 0.2) is 0 Å². The second-order valence-electron chi connectivity index (χ2n) is 5.34. The SMILES string of the molecule is CCNC(c1c(F)c(F)c(F)c(F)c1F)C(C)(C)C. The molecule has 0 heterocycles. The van der Waals surface area contributed by atoms with Gasteiger partial charge in [-0.1, -0.05) is 27.7 Å². The van der Waals surface area contributed by atoms with Crippen molar-refractivity contribution < 1.29 is 22.0 Å². The zero-order valence-corrected chi connectivity index (χ0v) is 11.2. The van der Waals surface area contributed by atoms with E-state index in [1.807, 2.05) is 0 Å². The summed E-state index contributed by atoms with van der Waals surface area (Å²) in [4.78, 5) is 0. The van der Waals surface area contributed by atoms with Gasteiger partial charge in [0.05, 0.1) is 0 Å². The van der Waals surface area contributed by atoms with Gasteiger partial charge in [0.2, 0.25) is 5.82 Å². The molecule has 1 unspecified atom stereocenters. The molecule has 0 aliphatic rings. The first-order valence-corrected chi connectivity index (χ1v) is 5.87. The zero-order valence-electron chi connectivity index (χ0n) is 11.2. The van der Waals surface area contributed by atoms with Crippen LogP contribution in [-0.4, -0.2) is 6.54 Å². The maximum absolute atomic E-state index is 13.7. The lowest BCUT2D eigenvalue weighted by Gasteiger charge is -2.32. The van der Waals surface area contributed by atoms with Crippen LogP contribution in [0.2, 0.25) is 0 Å². The Bertz CT molecular complexity index is 450. The Hall–Kier alpha value is -1.17. The highest BCUT2D eigenvalue weighted by molar-refractivity contribution is 5.28. The first-order valence-electron chi connectivity index (χ1n) is 5.87. The van der Waals surface area contributed by atoms with E-state index in [-0.39, 0.29) is 0 Å². The van der Waals surface area contributed by atoms with Gasteiger partial charge in [-0.05, 0) is 12.0 Å². The fourth-order valence-corrected chi connectivity index (χ4v) is 1.92. The molecule has 108 valence electrons. The fraction of sp³-hybridized carbons (Fsp3) is 0.538. The van der Waals surface area contributed by atoms with Crippen LogP contribution >= 0.6 is 0 Å². The minimum Gasteiger partial charge on any atom is -0.310 e. The van der Waals surface area contributed by atoms with Gasteiger partial charge in [0.15, 0.2) is 23.3 Å². The smallest absolute Gasteiger partial charge is 0.200 e. The highest BCUT2D eigenvalue weighted by atomic mass is 19.2. The molecule has 19 heavy (non-hydrogen) atoms. The van der Waals surface area contributed by atoms with Crippen molar-refractivity contribution in [2.24, 2.45) is 5.41 Å². The lowest BCUT2D eigenvalue weighted by Crippen LogP contribution is -2.34. The highest BCUT2D eigenvalue weighted by Gasteiger charge is 2.35. The molecule has 0 aliphatic carbocycles. The van der Waals surface area contributed by atoms with Gasteiger partial charge in [-0.2, -0.15) is 0 Å². The lowest BCUT2D eigenvalue weighted by atomic mass is 9.81. The summed E-state index contributed by atoms with van der Waals surface area (Å²) in [5.41, 5.74) is -1.53. The van der Waals surface area contributed by atoms with Crippen LogP contribution in [-0.2, 0) is 0 Å². The molecule has 1 nitrogen and oxygen atoms in total. The Balaban J connectivity index is 3.56. The molecule has 1 N–H and O–H groups in total. The molecule has 0 saturated heterocycles. The van der Waals surface area contributed by atoms with Crippen LogP contribution in [0, 0.1) is 34.5 Å². The second-order valence-corrected chi connectivity index (χ2v) is 5.34. The molecule has 0 bridgehead atoms. The summed E-state index contributed by atoms with van der Waals surface area (Å²) < 4.78 is 66.9. The predicted molar refractivity (Wildman–Crippen MR) is 62.1 cm³/mol. The molecule has 0 saturated carbocycles. The molecule has 0 aromatic heterocycles. The van der Waals surface area contributed by atoms with E-state index >= 15 is 0 Å². The quantitative estimate of drug-likeness (QED) is 0.500. The number of hydrogen-bond acceptors (Lipinski definition) is 1. The Morgan fingerprint density at radius 2 is 1.21 bits per heavy atom. The number of nitrogens with one attached hydrogen (secondary N) is 1. The third-order valence-electron chi connectivity index (χ3n) is 2.81. The van der Waals surface area contributed by atoms with E-state index in [2.05, 4.69) is 5.32 Å². The van der Waals surface area contributed by atoms with Crippen LogP contribution in [0.3, 0.4) is 0 Å². The predicted octanol–water partition coefficient (Wildman–Crippen LogP) is 4.08. The van der Waals surface area contributed by atoms with Crippen LogP contribution in [0.5, 0.6) is 0 Å².